The molecule has 0 spiro atoms. The van der Waals surface area contributed by atoms with E-state index < -0.39 is 43.0 Å². The highest BCUT2D eigenvalue weighted by molar-refractivity contribution is 5.81. The smallest absolute Gasteiger partial charge is 0.394 e. The van der Waals surface area contributed by atoms with Crippen LogP contribution in [-0.4, -0.2) is 60.5 Å². The summed E-state index contributed by atoms with van der Waals surface area (Å²) in [6.07, 6.45) is -4.99. The van der Waals surface area contributed by atoms with E-state index in [-0.39, 0.29) is 23.7 Å². The molecule has 0 bridgehead atoms. The lowest BCUT2D eigenvalue weighted by atomic mass is 9.96. The standard InChI is InChI=1S/C16H18F3NO6/c1-25-11-3-8(4-12(26-2)14(11)22)5-13(21)20-6-9(15(23)24)10(7-20)16(17,18)19/h3-4,9-10,22H,5-7H2,1-2H3,(H,23,24)/t9-,10-/m1/s1. The number of amides is 1. The number of alkyl halides is 3. The topological polar surface area (TPSA) is 96.3 Å². The molecule has 7 nitrogen and oxygen atoms in total. The minimum atomic E-state index is -4.71. The van der Waals surface area contributed by atoms with Crippen LogP contribution in [0.5, 0.6) is 17.2 Å². The first-order valence-corrected chi connectivity index (χ1v) is 7.59. The third-order valence-corrected chi connectivity index (χ3v) is 4.31. The average molecular weight is 377 g/mol. The van der Waals surface area contributed by atoms with E-state index in [4.69, 9.17) is 14.6 Å². The van der Waals surface area contributed by atoms with Crippen molar-refractivity contribution < 1.29 is 42.4 Å². The number of carbonyl (C=O) groups is 2. The van der Waals surface area contributed by atoms with Crippen LogP contribution in [0.15, 0.2) is 12.1 Å². The van der Waals surface area contributed by atoms with E-state index in [1.54, 1.807) is 0 Å². The first kappa shape index (κ1) is 19.7. The Morgan fingerprint density at radius 3 is 2.12 bits per heavy atom. The maximum Gasteiger partial charge on any atom is 0.394 e. The number of phenolic OH excluding ortho intramolecular Hbond substituents is 1. The fraction of sp³-hybridized carbons (Fsp3) is 0.500. The molecule has 1 amide bonds. The molecule has 2 rings (SSSR count). The van der Waals surface area contributed by atoms with Gasteiger partial charge in [-0.05, 0) is 17.7 Å². The number of rotatable bonds is 5. The van der Waals surface area contributed by atoms with Crippen LogP contribution in [0.4, 0.5) is 13.2 Å². The monoisotopic (exact) mass is 377 g/mol. The van der Waals surface area contributed by atoms with E-state index in [1.165, 1.54) is 26.4 Å². The number of likely N-dealkylation sites (tertiary alicyclic amines) is 1. The minimum Gasteiger partial charge on any atom is -0.502 e. The fourth-order valence-electron chi connectivity index (χ4n) is 2.93. The zero-order valence-electron chi connectivity index (χ0n) is 14.0. The van der Waals surface area contributed by atoms with Crippen molar-refractivity contribution in [3.8, 4) is 17.2 Å². The summed E-state index contributed by atoms with van der Waals surface area (Å²) >= 11 is 0. The van der Waals surface area contributed by atoms with Crippen molar-refractivity contribution in [2.45, 2.75) is 12.6 Å². The first-order valence-electron chi connectivity index (χ1n) is 7.59. The number of nitrogens with zero attached hydrogens (tertiary/aromatic N) is 1. The Hall–Kier alpha value is -2.65. The molecule has 0 unspecified atom stereocenters. The van der Waals surface area contributed by atoms with Gasteiger partial charge in [-0.25, -0.2) is 0 Å². The van der Waals surface area contributed by atoms with Gasteiger partial charge >= 0.3 is 12.1 Å². The van der Waals surface area contributed by atoms with Crippen molar-refractivity contribution in [1.29, 1.82) is 0 Å². The molecule has 1 aromatic rings. The molecule has 1 fully saturated rings. The minimum absolute atomic E-state index is 0.0464. The predicted molar refractivity (Wildman–Crippen MR) is 82.2 cm³/mol. The van der Waals surface area contributed by atoms with Crippen molar-refractivity contribution in [3.05, 3.63) is 17.7 Å². The Labute approximate surface area is 146 Å². The van der Waals surface area contributed by atoms with Crippen LogP contribution in [-0.2, 0) is 16.0 Å². The van der Waals surface area contributed by atoms with Gasteiger partial charge in [0.15, 0.2) is 11.5 Å². The molecule has 0 radical (unpaired) electrons. The number of aromatic hydroxyl groups is 1. The zero-order chi connectivity index (χ0) is 19.6. The van der Waals surface area contributed by atoms with E-state index in [0.717, 1.165) is 4.90 Å². The van der Waals surface area contributed by atoms with Crippen LogP contribution in [0.25, 0.3) is 0 Å². The summed E-state index contributed by atoms with van der Waals surface area (Å²) in [5, 5.41) is 18.8. The third-order valence-electron chi connectivity index (χ3n) is 4.31. The van der Waals surface area contributed by atoms with E-state index in [9.17, 15) is 27.9 Å². The summed E-state index contributed by atoms with van der Waals surface area (Å²) in [7, 11) is 2.60. The molecule has 0 aliphatic carbocycles. The van der Waals surface area contributed by atoms with Gasteiger partial charge in [-0.1, -0.05) is 0 Å². The number of halogens is 3. The van der Waals surface area contributed by atoms with Gasteiger partial charge in [-0.2, -0.15) is 13.2 Å². The van der Waals surface area contributed by atoms with Crippen LogP contribution in [0, 0.1) is 11.8 Å². The summed E-state index contributed by atoms with van der Waals surface area (Å²) in [4.78, 5) is 24.3. The number of hydrogen-bond acceptors (Lipinski definition) is 5. The number of carbonyl (C=O) groups excluding carboxylic acids is 1. The van der Waals surface area contributed by atoms with Gasteiger partial charge in [0.05, 0.1) is 32.5 Å². The normalized spacial score (nSPS) is 20.1. The lowest BCUT2D eigenvalue weighted by Gasteiger charge is -2.18. The Bertz CT molecular complexity index is 681. The lowest BCUT2D eigenvalue weighted by molar-refractivity contribution is -0.188. The van der Waals surface area contributed by atoms with Crippen LogP contribution in [0.1, 0.15) is 5.56 Å². The molecule has 1 saturated heterocycles. The number of methoxy groups -OCH3 is 2. The summed E-state index contributed by atoms with van der Waals surface area (Å²) < 4.78 is 49.0. The molecule has 0 aromatic heterocycles. The van der Waals surface area contributed by atoms with E-state index in [1.807, 2.05) is 0 Å². The molecule has 1 aliphatic heterocycles. The second-order valence-corrected chi connectivity index (χ2v) is 5.92. The molecule has 1 heterocycles. The molecule has 26 heavy (non-hydrogen) atoms. The summed E-state index contributed by atoms with van der Waals surface area (Å²) in [6, 6.07) is 2.73. The Balaban J connectivity index is 2.19. The van der Waals surface area contributed by atoms with Gasteiger partial charge in [0.25, 0.3) is 0 Å². The van der Waals surface area contributed by atoms with Crippen molar-refractivity contribution in [2.24, 2.45) is 11.8 Å². The Morgan fingerprint density at radius 2 is 1.73 bits per heavy atom. The summed E-state index contributed by atoms with van der Waals surface area (Å²) in [5.41, 5.74) is 0.351. The van der Waals surface area contributed by atoms with Crippen LogP contribution >= 0.6 is 0 Å². The van der Waals surface area contributed by atoms with Gasteiger partial charge in [-0.15, -0.1) is 0 Å². The summed E-state index contributed by atoms with van der Waals surface area (Å²) in [6.45, 7) is -1.21. The molecular formula is C16H18F3NO6. The average Bonchev–Trinajstić information content (AvgIpc) is 3.02. The van der Waals surface area contributed by atoms with Gasteiger partial charge in [-0.3, -0.25) is 9.59 Å². The quantitative estimate of drug-likeness (QED) is 0.811. The van der Waals surface area contributed by atoms with Gasteiger partial charge in [0.1, 0.15) is 0 Å². The number of phenols is 1. The van der Waals surface area contributed by atoms with E-state index in [2.05, 4.69) is 0 Å². The second-order valence-electron chi connectivity index (χ2n) is 5.92. The van der Waals surface area contributed by atoms with Gasteiger partial charge < -0.3 is 24.6 Å². The SMILES string of the molecule is COc1cc(CC(=O)N2C[C@@H](C(F)(F)F)[C@H](C(=O)O)C2)cc(OC)c1O. The second kappa shape index (κ2) is 7.30. The number of ether oxygens (including phenoxy) is 2. The number of carboxylic acids is 1. The van der Waals surface area contributed by atoms with Crippen LogP contribution < -0.4 is 9.47 Å². The predicted octanol–water partition coefficient (Wildman–Crippen LogP) is 1.67. The number of carboxylic acid groups (broad SMARTS) is 1. The van der Waals surface area contributed by atoms with Crippen LogP contribution in [0.2, 0.25) is 0 Å². The van der Waals surface area contributed by atoms with Crippen molar-refractivity contribution >= 4 is 11.9 Å². The molecule has 0 saturated carbocycles. The molecule has 10 heteroatoms. The van der Waals surface area contributed by atoms with Crippen molar-refractivity contribution in [1.82, 2.24) is 4.90 Å². The highest BCUT2D eigenvalue weighted by Crippen LogP contribution is 2.39. The summed E-state index contributed by atoms with van der Waals surface area (Å²) in [5.74, 6) is -6.21. The molecular weight excluding hydrogens is 359 g/mol. The number of benzene rings is 1. The first-order chi connectivity index (χ1) is 12.1. The Kier molecular flexibility index (Phi) is 5.53. The number of hydrogen-bond donors (Lipinski definition) is 2. The maximum absolute atomic E-state index is 13.0. The van der Waals surface area contributed by atoms with Crippen molar-refractivity contribution in [3.63, 3.8) is 0 Å². The Morgan fingerprint density at radius 1 is 1.19 bits per heavy atom. The molecule has 144 valence electrons. The van der Waals surface area contributed by atoms with Gasteiger partial charge in [0.2, 0.25) is 11.7 Å². The number of aliphatic carboxylic acids is 1. The lowest BCUT2D eigenvalue weighted by Crippen LogP contribution is -2.34. The third kappa shape index (κ3) is 3.94. The zero-order valence-corrected chi connectivity index (χ0v) is 14.0. The fourth-order valence-corrected chi connectivity index (χ4v) is 2.93. The molecule has 2 atom stereocenters. The highest BCUT2D eigenvalue weighted by Gasteiger charge is 2.53. The molecule has 1 aromatic carbocycles. The highest BCUT2D eigenvalue weighted by atomic mass is 19.4. The maximum atomic E-state index is 13.0. The van der Waals surface area contributed by atoms with Crippen LogP contribution in [0.3, 0.4) is 0 Å². The van der Waals surface area contributed by atoms with E-state index in [0.29, 0.717) is 5.56 Å². The largest absolute Gasteiger partial charge is 0.502 e. The molecule has 2 N–H and O–H groups in total. The van der Waals surface area contributed by atoms with E-state index >= 15 is 0 Å². The molecule has 1 aliphatic rings. The van der Waals surface area contributed by atoms with Gasteiger partial charge in [0, 0.05) is 13.1 Å². The van der Waals surface area contributed by atoms with Crippen molar-refractivity contribution in [2.75, 3.05) is 27.3 Å².